The molecule has 5 nitrogen and oxygen atoms in total. The van der Waals surface area contributed by atoms with E-state index in [0.717, 1.165) is 44.5 Å². The molecular formula is C14H31IN4O. The molecule has 2 N–H and O–H groups in total. The van der Waals surface area contributed by atoms with Crippen molar-refractivity contribution in [2.75, 3.05) is 47.4 Å². The monoisotopic (exact) mass is 398 g/mol. The smallest absolute Gasteiger partial charge is 0.191 e. The summed E-state index contributed by atoms with van der Waals surface area (Å²) in [5, 5.41) is 6.64. The number of aliphatic imine (C=N–C) groups is 1. The van der Waals surface area contributed by atoms with Crippen LogP contribution < -0.4 is 10.6 Å². The van der Waals surface area contributed by atoms with Gasteiger partial charge in [-0.3, -0.25) is 4.99 Å². The summed E-state index contributed by atoms with van der Waals surface area (Å²) in [5.74, 6) is 1.77. The van der Waals surface area contributed by atoms with E-state index < -0.39 is 0 Å². The quantitative estimate of drug-likeness (QED) is 0.268. The predicted molar refractivity (Wildman–Crippen MR) is 96.1 cm³/mol. The van der Waals surface area contributed by atoms with Gasteiger partial charge in [-0.1, -0.05) is 0 Å². The summed E-state index contributed by atoms with van der Waals surface area (Å²) in [6.45, 7) is 5.55. The summed E-state index contributed by atoms with van der Waals surface area (Å²) < 4.78 is 5.05. The third-order valence-corrected chi connectivity index (χ3v) is 3.43. The van der Waals surface area contributed by atoms with Crippen LogP contribution >= 0.6 is 24.0 Å². The first-order valence-electron chi connectivity index (χ1n) is 7.36. The number of hydrogen-bond donors (Lipinski definition) is 2. The number of nitrogens with zero attached hydrogens (tertiary/aromatic N) is 2. The van der Waals surface area contributed by atoms with Crippen molar-refractivity contribution in [2.24, 2.45) is 10.9 Å². The molecule has 1 aliphatic rings. The Morgan fingerprint density at radius 3 is 2.55 bits per heavy atom. The van der Waals surface area contributed by atoms with Gasteiger partial charge >= 0.3 is 0 Å². The normalized spacial score (nSPS) is 16.8. The van der Waals surface area contributed by atoms with Gasteiger partial charge in [0, 0.05) is 32.8 Å². The van der Waals surface area contributed by atoms with Crippen molar-refractivity contribution >= 4 is 29.9 Å². The van der Waals surface area contributed by atoms with Crippen LogP contribution in [-0.2, 0) is 4.74 Å². The second-order valence-corrected chi connectivity index (χ2v) is 5.36. The Morgan fingerprint density at radius 1 is 1.35 bits per heavy atom. The van der Waals surface area contributed by atoms with Gasteiger partial charge < -0.3 is 20.3 Å². The van der Waals surface area contributed by atoms with Crippen molar-refractivity contribution in [3.8, 4) is 0 Å². The van der Waals surface area contributed by atoms with E-state index in [-0.39, 0.29) is 24.0 Å². The van der Waals surface area contributed by atoms with Gasteiger partial charge in [-0.25, -0.2) is 0 Å². The van der Waals surface area contributed by atoms with Crippen LogP contribution in [0.3, 0.4) is 0 Å². The number of hydrogen-bond acceptors (Lipinski definition) is 3. The highest BCUT2D eigenvalue weighted by molar-refractivity contribution is 14.0. The van der Waals surface area contributed by atoms with Gasteiger partial charge in [-0.05, 0) is 46.2 Å². The molecule has 0 aromatic heterocycles. The summed E-state index contributed by atoms with van der Waals surface area (Å²) in [7, 11) is 6.03. The molecule has 1 saturated carbocycles. The average molecular weight is 398 g/mol. The Balaban J connectivity index is 0.00000361. The van der Waals surface area contributed by atoms with Gasteiger partial charge in [0.2, 0.25) is 0 Å². The lowest BCUT2D eigenvalue weighted by atomic mass is 10.2. The fraction of sp³-hybridized carbons (Fsp3) is 0.929. The number of methoxy groups -OCH3 is 1. The van der Waals surface area contributed by atoms with Crippen molar-refractivity contribution in [1.29, 1.82) is 0 Å². The Labute approximate surface area is 140 Å². The molecule has 1 unspecified atom stereocenters. The largest absolute Gasteiger partial charge is 0.385 e. The highest BCUT2D eigenvalue weighted by Gasteiger charge is 2.32. The van der Waals surface area contributed by atoms with E-state index >= 15 is 0 Å². The number of nitrogens with one attached hydrogen (secondary N) is 2. The van der Waals surface area contributed by atoms with Gasteiger partial charge in [-0.2, -0.15) is 0 Å². The Hall–Kier alpha value is -0.0800. The highest BCUT2D eigenvalue weighted by Crippen LogP contribution is 2.34. The lowest BCUT2D eigenvalue weighted by molar-refractivity contribution is 0.195. The zero-order chi connectivity index (χ0) is 14.1. The number of ether oxygens (including phenoxy) is 1. The van der Waals surface area contributed by atoms with Crippen molar-refractivity contribution in [1.82, 2.24) is 15.5 Å². The molecule has 120 valence electrons. The summed E-state index contributed by atoms with van der Waals surface area (Å²) in [6, 6.07) is 0.578. The number of rotatable bonds is 9. The number of likely N-dealkylation sites (N-methyl/N-ethyl adjacent to an activating group) is 1. The maximum atomic E-state index is 5.05. The van der Waals surface area contributed by atoms with Gasteiger partial charge in [-0.15, -0.1) is 24.0 Å². The Morgan fingerprint density at radius 2 is 2.05 bits per heavy atom. The zero-order valence-corrected chi connectivity index (χ0v) is 15.6. The minimum absolute atomic E-state index is 0. The van der Waals surface area contributed by atoms with E-state index in [1.807, 2.05) is 0 Å². The van der Waals surface area contributed by atoms with Gasteiger partial charge in [0.25, 0.3) is 0 Å². The summed E-state index contributed by atoms with van der Waals surface area (Å²) >= 11 is 0. The van der Waals surface area contributed by atoms with E-state index in [4.69, 9.17) is 9.73 Å². The first-order chi connectivity index (χ1) is 9.19. The Kier molecular flexibility index (Phi) is 11.5. The molecule has 6 heteroatoms. The fourth-order valence-electron chi connectivity index (χ4n) is 2.16. The van der Waals surface area contributed by atoms with E-state index in [9.17, 15) is 0 Å². The predicted octanol–water partition coefficient (Wildman–Crippen LogP) is 1.54. The number of guanidine groups is 1. The first kappa shape index (κ1) is 19.9. The van der Waals surface area contributed by atoms with Crippen LogP contribution in [0.15, 0.2) is 4.99 Å². The van der Waals surface area contributed by atoms with Crippen LogP contribution in [-0.4, -0.2) is 64.3 Å². The molecule has 0 aromatic rings. The first-order valence-corrected chi connectivity index (χ1v) is 7.36. The molecule has 1 atom stereocenters. The molecule has 0 aromatic carbocycles. The van der Waals surface area contributed by atoms with E-state index in [2.05, 4.69) is 36.6 Å². The van der Waals surface area contributed by atoms with Crippen molar-refractivity contribution in [3.05, 3.63) is 0 Å². The molecule has 0 saturated heterocycles. The van der Waals surface area contributed by atoms with Crippen LogP contribution in [0.5, 0.6) is 0 Å². The van der Waals surface area contributed by atoms with Crippen molar-refractivity contribution < 1.29 is 4.74 Å². The zero-order valence-electron chi connectivity index (χ0n) is 13.3. The molecule has 20 heavy (non-hydrogen) atoms. The molecule has 0 radical (unpaired) electrons. The fourth-order valence-corrected chi connectivity index (χ4v) is 2.16. The molecule has 1 rings (SSSR count). The minimum atomic E-state index is 0. The minimum Gasteiger partial charge on any atom is -0.385 e. The number of halogens is 1. The molecule has 0 bridgehead atoms. The molecular weight excluding hydrogens is 367 g/mol. The molecule has 0 spiro atoms. The molecule has 0 amide bonds. The van der Waals surface area contributed by atoms with Crippen LogP contribution in [0.4, 0.5) is 0 Å². The standard InChI is InChI=1S/C14H30N4O.HI/c1-5-15-14(16-9-6-10-19-4)17-11-13(18(2)3)12-7-8-12;/h12-13H,5-11H2,1-4H3,(H2,15,16,17);1H. The average Bonchev–Trinajstić information content (AvgIpc) is 3.18. The van der Waals surface area contributed by atoms with Gasteiger partial charge in [0.1, 0.15) is 0 Å². The lowest BCUT2D eigenvalue weighted by Crippen LogP contribution is -2.40. The summed E-state index contributed by atoms with van der Waals surface area (Å²) in [5.41, 5.74) is 0. The Bertz CT molecular complexity index is 268. The van der Waals surface area contributed by atoms with Crippen LogP contribution in [0.2, 0.25) is 0 Å². The maximum Gasteiger partial charge on any atom is 0.191 e. The third-order valence-electron chi connectivity index (χ3n) is 3.43. The lowest BCUT2D eigenvalue weighted by Gasteiger charge is -2.22. The second kappa shape index (κ2) is 11.6. The van der Waals surface area contributed by atoms with Crippen LogP contribution in [0, 0.1) is 5.92 Å². The van der Waals surface area contributed by atoms with E-state index in [0.29, 0.717) is 6.04 Å². The third kappa shape index (κ3) is 8.26. The van der Waals surface area contributed by atoms with Crippen molar-refractivity contribution in [2.45, 2.75) is 32.2 Å². The highest BCUT2D eigenvalue weighted by atomic mass is 127. The SMILES string of the molecule is CCNC(=NCC(C1CC1)N(C)C)NCCCOC.I. The topological polar surface area (TPSA) is 48.9 Å². The summed E-state index contributed by atoms with van der Waals surface area (Å²) in [6.07, 6.45) is 3.72. The van der Waals surface area contributed by atoms with Crippen molar-refractivity contribution in [3.63, 3.8) is 0 Å². The van der Waals surface area contributed by atoms with E-state index in [1.54, 1.807) is 7.11 Å². The van der Waals surface area contributed by atoms with E-state index in [1.165, 1.54) is 12.8 Å². The molecule has 1 fully saturated rings. The maximum absolute atomic E-state index is 5.05. The van der Waals surface area contributed by atoms with Gasteiger partial charge in [0.05, 0.1) is 6.54 Å². The summed E-state index contributed by atoms with van der Waals surface area (Å²) in [4.78, 5) is 7.01. The van der Waals surface area contributed by atoms with Crippen LogP contribution in [0.25, 0.3) is 0 Å². The van der Waals surface area contributed by atoms with Gasteiger partial charge in [0.15, 0.2) is 5.96 Å². The molecule has 0 aliphatic heterocycles. The second-order valence-electron chi connectivity index (χ2n) is 5.36. The molecule has 1 aliphatic carbocycles. The van der Waals surface area contributed by atoms with Crippen LogP contribution in [0.1, 0.15) is 26.2 Å². The molecule has 0 heterocycles.